The zero-order valence-electron chi connectivity index (χ0n) is 12.0. The Bertz CT molecular complexity index is 678. The van der Waals surface area contributed by atoms with Crippen LogP contribution in [0.4, 0.5) is 0 Å². The minimum absolute atomic E-state index is 0.140. The summed E-state index contributed by atoms with van der Waals surface area (Å²) >= 11 is 1.43. The molecule has 116 valence electrons. The number of aryl methyl sites for hydroxylation is 1. The number of aliphatic carboxylic acids is 1. The van der Waals surface area contributed by atoms with Crippen molar-refractivity contribution in [2.45, 2.75) is 38.1 Å². The molecule has 2 aromatic rings. The van der Waals surface area contributed by atoms with Crippen LogP contribution in [0, 0.1) is 0 Å². The summed E-state index contributed by atoms with van der Waals surface area (Å²) in [5, 5.41) is 20.8. The SMILES string of the molecule is O=C(O)CC(NC(=O)c1n[nH]c2c1CCCC2)c1cccs1. The van der Waals surface area contributed by atoms with Crippen LogP contribution in [0.3, 0.4) is 0 Å². The third-order valence-corrected chi connectivity index (χ3v) is 4.83. The van der Waals surface area contributed by atoms with Crippen molar-refractivity contribution in [3.63, 3.8) is 0 Å². The van der Waals surface area contributed by atoms with Crippen LogP contribution in [0.1, 0.15) is 51.9 Å². The van der Waals surface area contributed by atoms with Crippen LogP contribution in [0.25, 0.3) is 0 Å². The van der Waals surface area contributed by atoms with E-state index in [0.29, 0.717) is 5.69 Å². The number of rotatable bonds is 5. The molecule has 2 aromatic heterocycles. The van der Waals surface area contributed by atoms with Gasteiger partial charge >= 0.3 is 5.97 Å². The summed E-state index contributed by atoms with van der Waals surface area (Å²) in [6, 6.07) is 3.15. The Labute approximate surface area is 131 Å². The minimum Gasteiger partial charge on any atom is -0.481 e. The van der Waals surface area contributed by atoms with Gasteiger partial charge in [-0.25, -0.2) is 0 Å². The molecule has 3 N–H and O–H groups in total. The van der Waals surface area contributed by atoms with Gasteiger partial charge in [-0.3, -0.25) is 14.7 Å². The van der Waals surface area contributed by atoms with Gasteiger partial charge in [0.05, 0.1) is 12.5 Å². The summed E-state index contributed by atoms with van der Waals surface area (Å²) in [5.41, 5.74) is 2.41. The molecule has 3 rings (SSSR count). The Kier molecular flexibility index (Phi) is 4.24. The third-order valence-electron chi connectivity index (χ3n) is 3.84. The Morgan fingerprint density at radius 2 is 2.23 bits per heavy atom. The van der Waals surface area contributed by atoms with Crippen molar-refractivity contribution in [2.75, 3.05) is 0 Å². The molecule has 0 aliphatic heterocycles. The summed E-state index contributed by atoms with van der Waals surface area (Å²) in [5.74, 6) is -1.25. The molecule has 0 aromatic carbocycles. The number of hydrogen-bond acceptors (Lipinski definition) is 4. The lowest BCUT2D eigenvalue weighted by molar-refractivity contribution is -0.137. The molecule has 0 spiro atoms. The molecule has 7 heteroatoms. The second-order valence-corrected chi connectivity index (χ2v) is 6.36. The average molecular weight is 319 g/mol. The van der Waals surface area contributed by atoms with Crippen LogP contribution < -0.4 is 5.32 Å². The van der Waals surface area contributed by atoms with Crippen molar-refractivity contribution >= 4 is 23.2 Å². The van der Waals surface area contributed by atoms with Gasteiger partial charge in [0.15, 0.2) is 5.69 Å². The fourth-order valence-corrected chi connectivity index (χ4v) is 3.56. The van der Waals surface area contributed by atoms with Crippen molar-refractivity contribution < 1.29 is 14.7 Å². The van der Waals surface area contributed by atoms with Crippen molar-refractivity contribution in [1.29, 1.82) is 0 Å². The number of thiophene rings is 1. The normalized spacial score (nSPS) is 15.1. The van der Waals surface area contributed by atoms with Crippen molar-refractivity contribution in [3.05, 3.63) is 39.3 Å². The van der Waals surface area contributed by atoms with Gasteiger partial charge < -0.3 is 10.4 Å². The highest BCUT2D eigenvalue weighted by atomic mass is 32.1. The third kappa shape index (κ3) is 3.04. The highest BCUT2D eigenvalue weighted by Gasteiger charge is 2.25. The van der Waals surface area contributed by atoms with E-state index >= 15 is 0 Å². The summed E-state index contributed by atoms with van der Waals surface area (Å²) in [6.45, 7) is 0. The Balaban J connectivity index is 1.79. The molecule has 22 heavy (non-hydrogen) atoms. The molecule has 0 radical (unpaired) electrons. The van der Waals surface area contributed by atoms with Gasteiger partial charge in [0.1, 0.15) is 0 Å². The number of hydrogen-bond donors (Lipinski definition) is 3. The molecular formula is C15H17N3O3S. The fraction of sp³-hybridized carbons (Fsp3) is 0.400. The number of carbonyl (C=O) groups is 2. The maximum Gasteiger partial charge on any atom is 0.305 e. The molecule has 1 unspecified atom stereocenters. The first-order valence-corrected chi connectivity index (χ1v) is 8.15. The topological polar surface area (TPSA) is 95.1 Å². The Morgan fingerprint density at radius 3 is 2.95 bits per heavy atom. The molecule has 1 amide bonds. The van der Waals surface area contributed by atoms with E-state index in [4.69, 9.17) is 5.11 Å². The van der Waals surface area contributed by atoms with Crippen LogP contribution in [0.5, 0.6) is 0 Å². The average Bonchev–Trinajstić information content (AvgIpc) is 3.15. The number of H-pyrrole nitrogens is 1. The number of nitrogens with one attached hydrogen (secondary N) is 2. The molecule has 1 aliphatic rings. The second-order valence-electron chi connectivity index (χ2n) is 5.38. The fourth-order valence-electron chi connectivity index (χ4n) is 2.78. The summed E-state index contributed by atoms with van der Waals surface area (Å²) in [7, 11) is 0. The largest absolute Gasteiger partial charge is 0.481 e. The number of fused-ring (bicyclic) bond motifs is 1. The van der Waals surface area contributed by atoms with E-state index in [0.717, 1.165) is 41.8 Å². The van der Waals surface area contributed by atoms with Gasteiger partial charge in [0.2, 0.25) is 0 Å². The molecule has 1 aliphatic carbocycles. The van der Waals surface area contributed by atoms with Crippen LogP contribution in [0.2, 0.25) is 0 Å². The second kappa shape index (κ2) is 6.31. The quantitative estimate of drug-likeness (QED) is 0.788. The maximum absolute atomic E-state index is 12.5. The van der Waals surface area contributed by atoms with Gasteiger partial charge in [-0.1, -0.05) is 6.07 Å². The predicted molar refractivity (Wildman–Crippen MR) is 82.0 cm³/mol. The number of amides is 1. The van der Waals surface area contributed by atoms with Crippen molar-refractivity contribution in [3.8, 4) is 0 Å². The molecule has 0 bridgehead atoms. The smallest absolute Gasteiger partial charge is 0.305 e. The summed E-state index contributed by atoms with van der Waals surface area (Å²) < 4.78 is 0. The van der Waals surface area contributed by atoms with E-state index in [2.05, 4.69) is 15.5 Å². The monoisotopic (exact) mass is 319 g/mol. The number of carboxylic acids is 1. The number of carbonyl (C=O) groups excluding carboxylic acids is 1. The van der Waals surface area contributed by atoms with E-state index in [9.17, 15) is 9.59 Å². The highest BCUT2D eigenvalue weighted by molar-refractivity contribution is 7.10. The van der Waals surface area contributed by atoms with Crippen LogP contribution in [0.15, 0.2) is 17.5 Å². The lowest BCUT2D eigenvalue weighted by atomic mass is 9.95. The Hall–Kier alpha value is -2.15. The molecule has 0 saturated carbocycles. The van der Waals surface area contributed by atoms with Gasteiger partial charge in [-0.05, 0) is 37.1 Å². The molecule has 2 heterocycles. The number of carboxylic acid groups (broad SMARTS) is 1. The van der Waals surface area contributed by atoms with Crippen LogP contribution in [-0.2, 0) is 17.6 Å². The first-order valence-electron chi connectivity index (χ1n) is 7.27. The van der Waals surface area contributed by atoms with E-state index < -0.39 is 12.0 Å². The van der Waals surface area contributed by atoms with Gasteiger partial charge in [-0.2, -0.15) is 5.10 Å². The van der Waals surface area contributed by atoms with E-state index in [1.165, 1.54) is 11.3 Å². The maximum atomic E-state index is 12.5. The highest BCUT2D eigenvalue weighted by Crippen LogP contribution is 2.25. The Morgan fingerprint density at radius 1 is 1.41 bits per heavy atom. The van der Waals surface area contributed by atoms with Gasteiger partial charge in [0, 0.05) is 16.1 Å². The standard InChI is InChI=1S/C15H17N3O3S/c19-13(20)8-11(12-6-3-7-22-12)16-15(21)14-9-4-1-2-5-10(9)17-18-14/h3,6-7,11H,1-2,4-5,8H2,(H,16,21)(H,17,18)(H,19,20). The molecule has 0 saturated heterocycles. The lowest BCUT2D eigenvalue weighted by Gasteiger charge is -2.16. The lowest BCUT2D eigenvalue weighted by Crippen LogP contribution is -2.30. The molecule has 0 fully saturated rings. The van der Waals surface area contributed by atoms with Gasteiger partial charge in [0.25, 0.3) is 5.91 Å². The first-order chi connectivity index (χ1) is 10.6. The van der Waals surface area contributed by atoms with E-state index in [-0.39, 0.29) is 12.3 Å². The van der Waals surface area contributed by atoms with Crippen LogP contribution in [-0.4, -0.2) is 27.2 Å². The van der Waals surface area contributed by atoms with Crippen molar-refractivity contribution in [1.82, 2.24) is 15.5 Å². The molecular weight excluding hydrogens is 302 g/mol. The van der Waals surface area contributed by atoms with Crippen molar-refractivity contribution in [2.24, 2.45) is 0 Å². The van der Waals surface area contributed by atoms with Crippen LogP contribution >= 0.6 is 11.3 Å². The summed E-state index contributed by atoms with van der Waals surface area (Å²) in [6.07, 6.45) is 3.78. The van der Waals surface area contributed by atoms with E-state index in [1.54, 1.807) is 0 Å². The molecule has 6 nitrogen and oxygen atoms in total. The predicted octanol–water partition coefficient (Wildman–Crippen LogP) is 2.30. The zero-order valence-corrected chi connectivity index (χ0v) is 12.8. The van der Waals surface area contributed by atoms with E-state index in [1.807, 2.05) is 17.5 Å². The molecule has 1 atom stereocenters. The number of aromatic nitrogens is 2. The first kappa shape index (κ1) is 14.8. The minimum atomic E-state index is -0.942. The number of nitrogens with zero attached hydrogens (tertiary/aromatic N) is 1. The summed E-state index contributed by atoms with van der Waals surface area (Å²) in [4.78, 5) is 24.4. The van der Waals surface area contributed by atoms with Gasteiger partial charge in [-0.15, -0.1) is 11.3 Å². The zero-order chi connectivity index (χ0) is 15.5. The number of aromatic amines is 1.